The highest BCUT2D eigenvalue weighted by Crippen LogP contribution is 2.29. The molecular formula is C36H58O3. The third kappa shape index (κ3) is 15.9. The van der Waals surface area contributed by atoms with Gasteiger partial charge in [-0.25, -0.2) is 4.79 Å². The summed E-state index contributed by atoms with van der Waals surface area (Å²) in [6.07, 6.45) is 29.4. The van der Waals surface area contributed by atoms with Crippen LogP contribution in [-0.2, 0) is 10.4 Å². The van der Waals surface area contributed by atoms with E-state index in [2.05, 4.69) is 13.8 Å². The first kappa shape index (κ1) is 34.9. The van der Waals surface area contributed by atoms with Crippen molar-refractivity contribution in [2.45, 2.75) is 148 Å². The lowest BCUT2D eigenvalue weighted by Gasteiger charge is -2.24. The van der Waals surface area contributed by atoms with Crippen LogP contribution in [0.2, 0.25) is 0 Å². The van der Waals surface area contributed by atoms with Crippen molar-refractivity contribution in [3.8, 4) is 0 Å². The summed E-state index contributed by atoms with van der Waals surface area (Å²) < 4.78 is 0. The zero-order valence-electron chi connectivity index (χ0n) is 25.2. The molecule has 0 atom stereocenters. The molecule has 0 aliphatic rings. The Morgan fingerprint density at radius 3 is 0.923 bits per heavy atom. The van der Waals surface area contributed by atoms with Gasteiger partial charge in [-0.3, -0.25) is 0 Å². The number of unbranched alkanes of at least 4 members (excludes halogenated alkanes) is 19. The summed E-state index contributed by atoms with van der Waals surface area (Å²) in [5, 5.41) is 19.7. The topological polar surface area (TPSA) is 57.5 Å². The number of carboxylic acid groups (broad SMARTS) is 1. The molecule has 0 bridgehead atoms. The molecule has 0 unspecified atom stereocenters. The second kappa shape index (κ2) is 23.7. The van der Waals surface area contributed by atoms with E-state index in [0.717, 1.165) is 0 Å². The van der Waals surface area contributed by atoms with Crippen molar-refractivity contribution < 1.29 is 15.0 Å². The van der Waals surface area contributed by atoms with Crippen molar-refractivity contribution in [3.05, 3.63) is 71.8 Å². The van der Waals surface area contributed by atoms with Crippen LogP contribution in [0.15, 0.2) is 60.7 Å². The predicted octanol–water partition coefficient (Wildman–Crippen LogP) is 10.8. The predicted molar refractivity (Wildman–Crippen MR) is 167 cm³/mol. The van der Waals surface area contributed by atoms with Crippen molar-refractivity contribution in [2.24, 2.45) is 0 Å². The fourth-order valence-electron chi connectivity index (χ4n) is 5.10. The van der Waals surface area contributed by atoms with Crippen molar-refractivity contribution in [3.63, 3.8) is 0 Å². The van der Waals surface area contributed by atoms with Crippen LogP contribution in [-0.4, -0.2) is 16.2 Å². The minimum atomic E-state index is -2.00. The average Bonchev–Trinajstić information content (AvgIpc) is 2.97. The van der Waals surface area contributed by atoms with Gasteiger partial charge < -0.3 is 10.2 Å². The Bertz CT molecular complexity index is 743. The Hall–Kier alpha value is -2.13. The average molecular weight is 539 g/mol. The van der Waals surface area contributed by atoms with Gasteiger partial charge in [0.15, 0.2) is 0 Å². The fourth-order valence-corrected chi connectivity index (χ4v) is 5.10. The number of hydrogen-bond acceptors (Lipinski definition) is 2. The van der Waals surface area contributed by atoms with Gasteiger partial charge in [0, 0.05) is 0 Å². The van der Waals surface area contributed by atoms with Gasteiger partial charge in [-0.15, -0.1) is 0 Å². The van der Waals surface area contributed by atoms with E-state index in [1.54, 1.807) is 60.7 Å². The van der Waals surface area contributed by atoms with Crippen molar-refractivity contribution >= 4 is 5.97 Å². The smallest absolute Gasteiger partial charge is 0.345 e. The zero-order valence-corrected chi connectivity index (χ0v) is 25.2. The Labute approximate surface area is 240 Å². The highest BCUT2D eigenvalue weighted by Gasteiger charge is 2.39. The highest BCUT2D eigenvalue weighted by molar-refractivity contribution is 5.83. The van der Waals surface area contributed by atoms with Gasteiger partial charge in [-0.2, -0.15) is 0 Å². The lowest BCUT2D eigenvalue weighted by atomic mass is 9.86. The monoisotopic (exact) mass is 538 g/mol. The summed E-state index contributed by atoms with van der Waals surface area (Å²) in [5.41, 5.74) is -1.31. The number of aliphatic hydroxyl groups is 1. The highest BCUT2D eigenvalue weighted by atomic mass is 16.4. The normalized spacial score (nSPS) is 11.2. The van der Waals surface area contributed by atoms with Crippen molar-refractivity contribution in [1.29, 1.82) is 0 Å². The minimum Gasteiger partial charge on any atom is -0.479 e. The van der Waals surface area contributed by atoms with Crippen LogP contribution >= 0.6 is 0 Å². The number of hydrogen-bond donors (Lipinski definition) is 2. The summed E-state index contributed by atoms with van der Waals surface area (Å²) >= 11 is 0. The minimum absolute atomic E-state index is 0.346. The van der Waals surface area contributed by atoms with E-state index in [0.29, 0.717) is 11.1 Å². The Balaban J connectivity index is 0.000000400. The fraction of sp³-hybridized carbons (Fsp3) is 0.639. The molecule has 0 amide bonds. The molecule has 0 radical (unpaired) electrons. The molecule has 0 saturated carbocycles. The maximum atomic E-state index is 11.4. The van der Waals surface area contributed by atoms with Crippen LogP contribution in [0.1, 0.15) is 153 Å². The van der Waals surface area contributed by atoms with E-state index in [1.165, 1.54) is 128 Å². The SMILES string of the molecule is CCCCCCCCCCCCCCCCCCCCCC.O=C(O)C(O)(c1ccccc1)c1ccccc1. The number of rotatable bonds is 22. The van der Waals surface area contributed by atoms with Crippen LogP contribution in [0.3, 0.4) is 0 Å². The first-order valence-corrected chi connectivity index (χ1v) is 16.1. The second-order valence-electron chi connectivity index (χ2n) is 11.1. The largest absolute Gasteiger partial charge is 0.479 e. The van der Waals surface area contributed by atoms with Gasteiger partial charge >= 0.3 is 5.97 Å². The molecule has 0 heterocycles. The van der Waals surface area contributed by atoms with Gasteiger partial charge in [0.1, 0.15) is 0 Å². The quantitative estimate of drug-likeness (QED) is 0.147. The molecule has 220 valence electrons. The third-order valence-electron chi connectivity index (χ3n) is 7.65. The Morgan fingerprint density at radius 1 is 0.487 bits per heavy atom. The number of carboxylic acids is 1. The molecule has 0 fully saturated rings. The van der Waals surface area contributed by atoms with Crippen LogP contribution in [0.5, 0.6) is 0 Å². The first-order chi connectivity index (χ1) is 19.1. The molecule has 0 spiro atoms. The Kier molecular flexibility index (Phi) is 21.2. The van der Waals surface area contributed by atoms with Gasteiger partial charge in [0.25, 0.3) is 0 Å². The number of carbonyl (C=O) groups is 1. The molecule has 2 aromatic carbocycles. The number of aliphatic carboxylic acids is 1. The maximum absolute atomic E-state index is 11.4. The lowest BCUT2D eigenvalue weighted by Crippen LogP contribution is -2.36. The van der Waals surface area contributed by atoms with E-state index in [9.17, 15) is 15.0 Å². The molecule has 0 aromatic heterocycles. The van der Waals surface area contributed by atoms with Crippen LogP contribution in [0.25, 0.3) is 0 Å². The summed E-state index contributed by atoms with van der Waals surface area (Å²) in [7, 11) is 0. The van der Waals surface area contributed by atoms with E-state index in [-0.39, 0.29) is 0 Å². The van der Waals surface area contributed by atoms with Gasteiger partial charge in [0.05, 0.1) is 0 Å². The molecule has 39 heavy (non-hydrogen) atoms. The first-order valence-electron chi connectivity index (χ1n) is 16.1. The van der Waals surface area contributed by atoms with Gasteiger partial charge in [-0.05, 0) is 11.1 Å². The lowest BCUT2D eigenvalue weighted by molar-refractivity contribution is -0.155. The molecule has 0 saturated heterocycles. The Morgan fingerprint density at radius 2 is 0.718 bits per heavy atom. The molecule has 2 N–H and O–H groups in total. The molecule has 0 aliphatic carbocycles. The van der Waals surface area contributed by atoms with Crippen LogP contribution in [0.4, 0.5) is 0 Å². The number of benzene rings is 2. The molecule has 3 heteroatoms. The second-order valence-corrected chi connectivity index (χ2v) is 11.1. The molecule has 2 aromatic rings. The maximum Gasteiger partial charge on any atom is 0.345 e. The van der Waals surface area contributed by atoms with Crippen LogP contribution in [0, 0.1) is 0 Å². The molecule has 0 aliphatic heterocycles. The molecule has 2 rings (SSSR count). The van der Waals surface area contributed by atoms with Crippen molar-refractivity contribution in [1.82, 2.24) is 0 Å². The van der Waals surface area contributed by atoms with E-state index >= 15 is 0 Å². The van der Waals surface area contributed by atoms with E-state index in [4.69, 9.17) is 0 Å². The zero-order chi connectivity index (χ0) is 28.4. The summed E-state index contributed by atoms with van der Waals surface area (Å²) in [4.78, 5) is 11.4. The van der Waals surface area contributed by atoms with Crippen molar-refractivity contribution in [2.75, 3.05) is 0 Å². The summed E-state index contributed by atoms with van der Waals surface area (Å²) in [6.45, 7) is 4.60. The van der Waals surface area contributed by atoms with Gasteiger partial charge in [-0.1, -0.05) is 203 Å². The van der Waals surface area contributed by atoms with E-state index in [1.807, 2.05) is 0 Å². The standard InChI is InChI=1S/C22H46.C14H12O3/c1-3-5-7-9-11-13-15-17-19-21-22-20-18-16-14-12-10-8-6-4-2;15-13(16)14(17,11-7-3-1-4-8-11)12-9-5-2-6-10-12/h3-22H2,1-2H3;1-10,17H,(H,15,16). The third-order valence-corrected chi connectivity index (χ3v) is 7.65. The summed E-state index contributed by atoms with van der Waals surface area (Å²) in [6, 6.07) is 16.7. The van der Waals surface area contributed by atoms with Crippen LogP contribution < -0.4 is 0 Å². The summed E-state index contributed by atoms with van der Waals surface area (Å²) in [5.74, 6) is -1.28. The molecular weight excluding hydrogens is 480 g/mol. The van der Waals surface area contributed by atoms with E-state index < -0.39 is 11.6 Å². The molecule has 3 nitrogen and oxygen atoms in total. The van der Waals surface area contributed by atoms with Gasteiger partial charge in [0.2, 0.25) is 5.60 Å².